The molecule has 0 saturated carbocycles. The van der Waals surface area contributed by atoms with Crippen molar-refractivity contribution in [3.05, 3.63) is 221 Å². The van der Waals surface area contributed by atoms with Gasteiger partial charge in [0, 0.05) is 27.1 Å². The van der Waals surface area contributed by atoms with Crippen LogP contribution in [0.5, 0.6) is 0 Å². The van der Waals surface area contributed by atoms with E-state index in [0.717, 1.165) is 62.0 Å². The van der Waals surface area contributed by atoms with E-state index in [4.69, 9.17) is 15.0 Å². The van der Waals surface area contributed by atoms with Gasteiger partial charge in [0.2, 0.25) is 11.9 Å². The number of aromatic nitrogens is 5. The first-order chi connectivity index (χ1) is 29.3. The fourth-order valence-electron chi connectivity index (χ4n) is 10.6. The summed E-state index contributed by atoms with van der Waals surface area (Å²) in [6.07, 6.45) is 2.01. The Morgan fingerprint density at radius 3 is 1.27 bits per heavy atom. The first kappa shape index (κ1) is 32.5. The highest BCUT2D eigenvalue weighted by Crippen LogP contribution is 2.58. The Balaban J connectivity index is 1.11. The Labute approximate surface area is 340 Å². The zero-order chi connectivity index (χ0) is 38.7. The maximum absolute atomic E-state index is 5.42. The van der Waals surface area contributed by atoms with E-state index in [1.165, 1.54) is 44.5 Å². The number of hydrogen-bond donors (Lipinski definition) is 0. The average molecular weight is 754 g/mol. The zero-order valence-corrected chi connectivity index (χ0v) is 32.0. The summed E-state index contributed by atoms with van der Waals surface area (Å²) in [5.41, 5.74) is 15.3. The molecule has 0 N–H and O–H groups in total. The molecular formula is C54H35N5. The van der Waals surface area contributed by atoms with Crippen molar-refractivity contribution in [1.29, 1.82) is 0 Å². The van der Waals surface area contributed by atoms with E-state index in [-0.39, 0.29) is 0 Å². The lowest BCUT2D eigenvalue weighted by Gasteiger charge is -2.35. The fourth-order valence-corrected chi connectivity index (χ4v) is 10.6. The number of aryl methyl sites for hydroxylation is 2. The second kappa shape index (κ2) is 12.2. The molecule has 11 aromatic rings. The zero-order valence-electron chi connectivity index (χ0n) is 32.0. The maximum Gasteiger partial charge on any atom is 0.240 e. The van der Waals surface area contributed by atoms with Gasteiger partial charge in [-0.05, 0) is 87.7 Å². The molecule has 0 unspecified atom stereocenters. The van der Waals surface area contributed by atoms with Crippen molar-refractivity contribution in [2.24, 2.45) is 0 Å². The molecule has 13 rings (SSSR count). The van der Waals surface area contributed by atoms with Crippen molar-refractivity contribution < 1.29 is 0 Å². The minimum atomic E-state index is -0.449. The average Bonchev–Trinajstić information content (AvgIpc) is 3.89. The van der Waals surface area contributed by atoms with Gasteiger partial charge in [0.1, 0.15) is 0 Å². The van der Waals surface area contributed by atoms with Crippen LogP contribution in [0.4, 0.5) is 0 Å². The Bertz CT molecular complexity index is 3250. The number of nitrogens with zero attached hydrogens (tertiary/aromatic N) is 5. The van der Waals surface area contributed by atoms with E-state index in [9.17, 15) is 0 Å². The smallest absolute Gasteiger partial charge is 0.240 e. The molecule has 0 amide bonds. The predicted molar refractivity (Wildman–Crippen MR) is 239 cm³/mol. The molecule has 0 saturated heterocycles. The second-order valence-corrected chi connectivity index (χ2v) is 15.9. The van der Waals surface area contributed by atoms with Gasteiger partial charge in [0.25, 0.3) is 0 Å². The van der Waals surface area contributed by atoms with Crippen LogP contribution in [0.1, 0.15) is 33.4 Å². The lowest BCUT2D eigenvalue weighted by molar-refractivity contribution is 0.762. The van der Waals surface area contributed by atoms with E-state index in [1.807, 2.05) is 0 Å². The molecule has 2 aliphatic carbocycles. The van der Waals surface area contributed by atoms with Crippen LogP contribution in [0.15, 0.2) is 188 Å². The van der Waals surface area contributed by atoms with Crippen molar-refractivity contribution >= 4 is 43.6 Å². The lowest BCUT2D eigenvalue weighted by Crippen LogP contribution is -2.29. The van der Waals surface area contributed by atoms with Gasteiger partial charge in [-0.1, -0.05) is 158 Å². The molecule has 5 heteroatoms. The Morgan fingerprint density at radius 1 is 0.356 bits per heavy atom. The van der Waals surface area contributed by atoms with Crippen LogP contribution in [0.3, 0.4) is 0 Å². The third kappa shape index (κ3) is 4.42. The van der Waals surface area contributed by atoms with Gasteiger partial charge in [-0.15, -0.1) is 0 Å². The van der Waals surface area contributed by atoms with Crippen molar-refractivity contribution in [3.63, 3.8) is 0 Å². The van der Waals surface area contributed by atoms with Crippen molar-refractivity contribution in [1.82, 2.24) is 24.1 Å². The van der Waals surface area contributed by atoms with Crippen LogP contribution in [0.2, 0.25) is 0 Å². The molecule has 0 fully saturated rings. The first-order valence-corrected chi connectivity index (χ1v) is 20.4. The Morgan fingerprint density at radius 2 is 0.763 bits per heavy atom. The molecule has 2 aliphatic rings. The summed E-state index contributed by atoms with van der Waals surface area (Å²) in [4.78, 5) is 16.2. The molecule has 8 aromatic carbocycles. The summed E-state index contributed by atoms with van der Waals surface area (Å²) in [6, 6.07) is 68.2. The molecule has 1 spiro atoms. The minimum absolute atomic E-state index is 0.449. The summed E-state index contributed by atoms with van der Waals surface area (Å²) in [5, 5.41) is 4.64. The molecule has 5 nitrogen and oxygen atoms in total. The number of rotatable bonds is 3. The highest BCUT2D eigenvalue weighted by Gasteiger charge is 2.48. The van der Waals surface area contributed by atoms with E-state index >= 15 is 0 Å². The van der Waals surface area contributed by atoms with E-state index < -0.39 is 5.41 Å². The SMILES string of the molecule is c1ccc2c(c1)CCc1ccccc1C21c2ccccc2-c2cc(-c3nc(-n4c5ccccc5c5ccccc54)nc(-n4c5ccccc5c5ccccc54)n3)ccc21. The van der Waals surface area contributed by atoms with Crippen molar-refractivity contribution in [2.45, 2.75) is 18.3 Å². The highest BCUT2D eigenvalue weighted by atomic mass is 15.3. The summed E-state index contributed by atoms with van der Waals surface area (Å²) >= 11 is 0. The Hall–Kier alpha value is -7.63. The number of fused-ring (bicyclic) bond motifs is 15. The fraction of sp³-hybridized carbons (Fsp3) is 0.0556. The number of hydrogen-bond acceptors (Lipinski definition) is 3. The normalized spacial score (nSPS) is 13.8. The third-order valence-corrected chi connectivity index (χ3v) is 13.0. The van der Waals surface area contributed by atoms with Crippen molar-refractivity contribution in [3.8, 4) is 34.4 Å². The van der Waals surface area contributed by atoms with Crippen molar-refractivity contribution in [2.75, 3.05) is 0 Å². The summed E-state index contributed by atoms with van der Waals surface area (Å²) in [7, 11) is 0. The van der Waals surface area contributed by atoms with Crippen LogP contribution < -0.4 is 0 Å². The number of para-hydroxylation sites is 4. The van der Waals surface area contributed by atoms with Gasteiger partial charge in [-0.25, -0.2) is 0 Å². The quantitative estimate of drug-likeness (QED) is 0.180. The molecule has 0 bridgehead atoms. The minimum Gasteiger partial charge on any atom is -0.278 e. The van der Waals surface area contributed by atoms with Gasteiger partial charge in [0.15, 0.2) is 5.82 Å². The Kier molecular flexibility index (Phi) is 6.70. The van der Waals surface area contributed by atoms with Crippen LogP contribution >= 0.6 is 0 Å². The maximum atomic E-state index is 5.42. The van der Waals surface area contributed by atoms with E-state index in [1.54, 1.807) is 0 Å². The summed E-state index contributed by atoms with van der Waals surface area (Å²) in [6.45, 7) is 0. The topological polar surface area (TPSA) is 48.5 Å². The van der Waals surface area contributed by atoms with Gasteiger partial charge in [-0.2, -0.15) is 15.0 Å². The lowest BCUT2D eigenvalue weighted by atomic mass is 9.66. The highest BCUT2D eigenvalue weighted by molar-refractivity contribution is 6.10. The van der Waals surface area contributed by atoms with E-state index in [2.05, 4.69) is 197 Å². The molecular weight excluding hydrogens is 719 g/mol. The first-order valence-electron chi connectivity index (χ1n) is 20.4. The number of benzene rings is 8. The molecule has 59 heavy (non-hydrogen) atoms. The molecule has 0 aliphatic heterocycles. The van der Waals surface area contributed by atoms with Gasteiger partial charge in [-0.3, -0.25) is 9.13 Å². The monoisotopic (exact) mass is 753 g/mol. The largest absolute Gasteiger partial charge is 0.278 e. The molecule has 3 heterocycles. The summed E-state index contributed by atoms with van der Waals surface area (Å²) in [5.74, 6) is 1.78. The second-order valence-electron chi connectivity index (χ2n) is 15.9. The van der Waals surface area contributed by atoms with Gasteiger partial charge in [0.05, 0.1) is 27.5 Å². The van der Waals surface area contributed by atoms with Crippen LogP contribution in [-0.2, 0) is 18.3 Å². The molecule has 3 aromatic heterocycles. The standard InChI is InChI=1S/C54H35N5/c1-8-22-43-34(15-1)29-30-35-16-2-9-23-44(35)54(43)45-24-10-3-17-37(45)42-33-36(31-32-46(42)54)51-55-52(58-47-25-11-4-18-38(47)39-19-5-12-26-48(39)58)57-53(56-51)59-49-27-13-6-20-40(49)41-21-7-14-28-50(41)59/h1-28,31-33H,29-30H2. The van der Waals surface area contributed by atoms with E-state index in [0.29, 0.717) is 17.7 Å². The van der Waals surface area contributed by atoms with Gasteiger partial charge < -0.3 is 0 Å². The predicted octanol–water partition coefficient (Wildman–Crippen LogP) is 12.2. The van der Waals surface area contributed by atoms with Gasteiger partial charge >= 0.3 is 0 Å². The van der Waals surface area contributed by atoms with Crippen LogP contribution in [-0.4, -0.2) is 24.1 Å². The molecule has 0 radical (unpaired) electrons. The molecule has 276 valence electrons. The third-order valence-electron chi connectivity index (χ3n) is 13.0. The van der Waals surface area contributed by atoms with Crippen LogP contribution in [0, 0.1) is 0 Å². The summed E-state index contributed by atoms with van der Waals surface area (Å²) < 4.78 is 4.40. The molecule has 0 atom stereocenters. The van der Waals surface area contributed by atoms with Crippen LogP contribution in [0.25, 0.3) is 78.0 Å².